The Labute approximate surface area is 170 Å². The third kappa shape index (κ3) is 3.73. The smallest absolute Gasteiger partial charge is 0.121 e. The average molecular weight is 378 g/mol. The van der Waals surface area contributed by atoms with Gasteiger partial charge in [0.2, 0.25) is 0 Å². The number of rotatable bonds is 4. The quantitative estimate of drug-likeness (QED) is 0.441. The number of nitrogens with zero attached hydrogens (tertiary/aromatic N) is 3. The summed E-state index contributed by atoms with van der Waals surface area (Å²) in [7, 11) is 0. The molecule has 0 bridgehead atoms. The zero-order chi connectivity index (χ0) is 19.8. The third-order valence-corrected chi connectivity index (χ3v) is 4.87. The van der Waals surface area contributed by atoms with Crippen molar-refractivity contribution >= 4 is 0 Å². The van der Waals surface area contributed by atoms with Crippen LogP contribution in [-0.4, -0.2) is 19.5 Å². The van der Waals surface area contributed by atoms with Crippen molar-refractivity contribution in [3.05, 3.63) is 145 Å². The molecule has 29 heavy (non-hydrogen) atoms. The number of nitrogens with one attached hydrogen (secondary N) is 1. The number of aromatic nitrogens is 4. The van der Waals surface area contributed by atoms with Crippen LogP contribution in [0.2, 0.25) is 0 Å². The lowest BCUT2D eigenvalue weighted by atomic mass is 9.77. The highest BCUT2D eigenvalue weighted by Gasteiger charge is 2.37. The highest BCUT2D eigenvalue weighted by Crippen LogP contribution is 2.40. The summed E-state index contributed by atoms with van der Waals surface area (Å²) in [4.78, 5) is 10.7. The summed E-state index contributed by atoms with van der Waals surface area (Å²) in [6, 6.07) is 31.8. The van der Waals surface area contributed by atoms with E-state index in [0.29, 0.717) is 0 Å². The molecule has 0 unspecified atom stereocenters. The molecule has 0 aliphatic heterocycles. The van der Waals surface area contributed by atoms with E-state index in [2.05, 4.69) is 111 Å². The van der Waals surface area contributed by atoms with E-state index >= 15 is 0 Å². The number of hydrogen-bond acceptors (Lipinski definition) is 2. The Morgan fingerprint density at radius 3 is 1.45 bits per heavy atom. The fourth-order valence-corrected chi connectivity index (χ4v) is 3.66. The Morgan fingerprint density at radius 2 is 1.14 bits per heavy atom. The molecular weight excluding hydrogens is 356 g/mol. The normalized spacial score (nSPS) is 10.8. The zero-order valence-corrected chi connectivity index (χ0v) is 16.0. The van der Waals surface area contributed by atoms with Crippen LogP contribution in [-0.2, 0) is 5.54 Å². The molecule has 0 amide bonds. The first-order chi connectivity index (χ1) is 14.4. The molecule has 4 nitrogen and oxygen atoms in total. The van der Waals surface area contributed by atoms with E-state index in [-0.39, 0.29) is 0 Å². The highest BCUT2D eigenvalue weighted by molar-refractivity contribution is 5.50. The van der Waals surface area contributed by atoms with Gasteiger partial charge in [-0.1, -0.05) is 91.0 Å². The van der Waals surface area contributed by atoms with Crippen molar-refractivity contribution < 1.29 is 0 Å². The van der Waals surface area contributed by atoms with Gasteiger partial charge in [-0.2, -0.15) is 0 Å². The number of benzene rings is 3. The predicted molar refractivity (Wildman–Crippen MR) is 115 cm³/mol. The maximum absolute atomic E-state index is 4.33. The van der Waals surface area contributed by atoms with Crippen molar-refractivity contribution in [2.75, 3.05) is 0 Å². The molecule has 0 fully saturated rings. The Bertz CT molecular complexity index is 958. The van der Waals surface area contributed by atoms with E-state index < -0.39 is 5.54 Å². The van der Waals surface area contributed by atoms with Crippen LogP contribution in [0.1, 0.15) is 16.7 Å². The molecule has 4 heteroatoms. The fraction of sp³-hybridized carbons (Fsp3) is 0.0400. The summed E-state index contributed by atoms with van der Waals surface area (Å²) in [6.45, 7) is 0. The van der Waals surface area contributed by atoms with Crippen molar-refractivity contribution in [1.29, 1.82) is 0 Å². The minimum Gasteiger partial charge on any atom is -0.351 e. The summed E-state index contributed by atoms with van der Waals surface area (Å²) in [5.74, 6) is 0. The van der Waals surface area contributed by atoms with Gasteiger partial charge < -0.3 is 9.55 Å². The van der Waals surface area contributed by atoms with Crippen LogP contribution >= 0.6 is 0 Å². The van der Waals surface area contributed by atoms with Crippen LogP contribution in [0, 0.1) is 0 Å². The molecule has 2 aromatic heterocycles. The zero-order valence-electron chi connectivity index (χ0n) is 16.0. The SMILES string of the molecule is c1c[nH]cn1.c1ccc(C(c2ccccc2)(c2ccccc2)n2ccnc2)cc1. The van der Waals surface area contributed by atoms with Gasteiger partial charge in [0.25, 0.3) is 0 Å². The summed E-state index contributed by atoms with van der Waals surface area (Å²) in [6.07, 6.45) is 10.9. The van der Waals surface area contributed by atoms with E-state index in [9.17, 15) is 0 Å². The second kappa shape index (κ2) is 8.85. The van der Waals surface area contributed by atoms with Gasteiger partial charge in [0.1, 0.15) is 5.54 Å². The largest absolute Gasteiger partial charge is 0.351 e. The molecule has 142 valence electrons. The monoisotopic (exact) mass is 378 g/mol. The Hall–Kier alpha value is -3.92. The topological polar surface area (TPSA) is 46.5 Å². The molecule has 0 spiro atoms. The molecule has 1 N–H and O–H groups in total. The number of hydrogen-bond donors (Lipinski definition) is 1. The minimum atomic E-state index is -0.444. The lowest BCUT2D eigenvalue weighted by molar-refractivity contribution is 0.514. The fourth-order valence-electron chi connectivity index (χ4n) is 3.66. The molecule has 5 rings (SSSR count). The molecule has 0 saturated heterocycles. The van der Waals surface area contributed by atoms with Crippen LogP contribution in [0.15, 0.2) is 128 Å². The summed E-state index contributed by atoms with van der Waals surface area (Å²) >= 11 is 0. The van der Waals surface area contributed by atoms with Crippen molar-refractivity contribution in [2.24, 2.45) is 0 Å². The molecule has 0 aliphatic carbocycles. The standard InChI is InChI=1S/C22H18N2.C3H4N2/c1-4-10-19(11-5-1)22(24-17-16-23-18-24,20-12-6-2-7-13-20)21-14-8-3-9-15-21;1-2-5-3-4-1/h1-18H;1-3H,(H,4,5). The minimum absolute atomic E-state index is 0.444. The average Bonchev–Trinajstić information content (AvgIpc) is 3.54. The van der Waals surface area contributed by atoms with Crippen LogP contribution in [0.25, 0.3) is 0 Å². The van der Waals surface area contributed by atoms with Gasteiger partial charge >= 0.3 is 0 Å². The molecule has 0 atom stereocenters. The predicted octanol–water partition coefficient (Wildman–Crippen LogP) is 5.13. The van der Waals surface area contributed by atoms with Crippen LogP contribution in [0.4, 0.5) is 0 Å². The second-order valence-electron chi connectivity index (χ2n) is 6.54. The Kier molecular flexibility index (Phi) is 5.63. The number of H-pyrrole nitrogens is 1. The van der Waals surface area contributed by atoms with E-state index in [1.165, 1.54) is 16.7 Å². The summed E-state index contributed by atoms with van der Waals surface area (Å²) < 4.78 is 2.19. The van der Waals surface area contributed by atoms with Gasteiger partial charge in [-0.3, -0.25) is 0 Å². The number of imidazole rings is 2. The first-order valence-corrected chi connectivity index (χ1v) is 9.50. The summed E-state index contributed by atoms with van der Waals surface area (Å²) in [5, 5.41) is 0. The Morgan fingerprint density at radius 1 is 0.621 bits per heavy atom. The third-order valence-electron chi connectivity index (χ3n) is 4.87. The summed E-state index contributed by atoms with van der Waals surface area (Å²) in [5.41, 5.74) is 3.18. The highest BCUT2D eigenvalue weighted by atomic mass is 15.1. The number of aromatic amines is 1. The van der Waals surface area contributed by atoms with Crippen LogP contribution < -0.4 is 0 Å². The molecule has 0 radical (unpaired) electrons. The van der Waals surface area contributed by atoms with Gasteiger partial charge in [0.05, 0.1) is 12.7 Å². The van der Waals surface area contributed by atoms with Gasteiger partial charge in [-0.15, -0.1) is 0 Å². The molecule has 5 aromatic rings. The van der Waals surface area contributed by atoms with E-state index in [0.717, 1.165) is 0 Å². The molecular formula is C25H22N4. The Balaban J connectivity index is 0.000000359. The second-order valence-corrected chi connectivity index (χ2v) is 6.54. The first-order valence-electron chi connectivity index (χ1n) is 9.50. The lowest BCUT2D eigenvalue weighted by Gasteiger charge is -2.37. The van der Waals surface area contributed by atoms with Gasteiger partial charge in [-0.05, 0) is 16.7 Å². The van der Waals surface area contributed by atoms with Crippen molar-refractivity contribution in [3.8, 4) is 0 Å². The maximum Gasteiger partial charge on any atom is 0.121 e. The van der Waals surface area contributed by atoms with Crippen molar-refractivity contribution in [2.45, 2.75) is 5.54 Å². The van der Waals surface area contributed by atoms with Crippen LogP contribution in [0.5, 0.6) is 0 Å². The lowest BCUT2D eigenvalue weighted by Crippen LogP contribution is -2.36. The molecule has 0 aliphatic rings. The van der Waals surface area contributed by atoms with Crippen molar-refractivity contribution in [3.63, 3.8) is 0 Å². The van der Waals surface area contributed by atoms with E-state index in [4.69, 9.17) is 0 Å². The van der Waals surface area contributed by atoms with E-state index in [1.54, 1.807) is 18.7 Å². The van der Waals surface area contributed by atoms with Gasteiger partial charge in [-0.25, -0.2) is 9.97 Å². The van der Waals surface area contributed by atoms with Crippen molar-refractivity contribution in [1.82, 2.24) is 19.5 Å². The molecule has 2 heterocycles. The van der Waals surface area contributed by atoms with Gasteiger partial charge in [0.15, 0.2) is 0 Å². The van der Waals surface area contributed by atoms with Gasteiger partial charge in [0, 0.05) is 24.8 Å². The van der Waals surface area contributed by atoms with E-state index in [1.807, 2.05) is 18.7 Å². The molecule has 0 saturated carbocycles. The van der Waals surface area contributed by atoms with Crippen LogP contribution in [0.3, 0.4) is 0 Å². The maximum atomic E-state index is 4.33. The first kappa shape index (κ1) is 18.4. The molecule has 3 aromatic carbocycles.